The quantitative estimate of drug-likeness (QED) is 0.218. The van der Waals surface area contributed by atoms with Crippen LogP contribution in [0.15, 0.2) is 12.2 Å². The summed E-state index contributed by atoms with van der Waals surface area (Å²) in [6, 6.07) is 0. The standard InChI is InChI=1S/C23H43NO4/c1-5-6-7-8-9-10-11-12-13-14-15-16-17-18-21(25)23(28,19-22(26)27)20-24(2,3)4/h17-18,28H,5-16,19-20H2,1-4H3/b18-17+. The second-order valence-corrected chi connectivity index (χ2v) is 9.12. The summed E-state index contributed by atoms with van der Waals surface area (Å²) in [5, 5.41) is 21.5. The van der Waals surface area contributed by atoms with Crippen LogP contribution in [0.5, 0.6) is 0 Å². The maximum absolute atomic E-state index is 12.3. The molecule has 0 aliphatic rings. The van der Waals surface area contributed by atoms with Gasteiger partial charge in [-0.25, -0.2) is 0 Å². The van der Waals surface area contributed by atoms with Crippen LogP contribution in [0.25, 0.3) is 0 Å². The molecule has 0 aromatic carbocycles. The molecule has 0 bridgehead atoms. The summed E-state index contributed by atoms with van der Waals surface area (Å²) in [5.41, 5.74) is -1.91. The van der Waals surface area contributed by atoms with E-state index in [4.69, 9.17) is 0 Å². The van der Waals surface area contributed by atoms with Crippen molar-refractivity contribution in [3.05, 3.63) is 12.2 Å². The molecule has 0 spiro atoms. The summed E-state index contributed by atoms with van der Waals surface area (Å²) in [4.78, 5) is 23.3. The maximum Gasteiger partial charge on any atom is 0.193 e. The van der Waals surface area contributed by atoms with Crippen molar-refractivity contribution in [3.8, 4) is 0 Å². The fourth-order valence-electron chi connectivity index (χ4n) is 3.52. The predicted molar refractivity (Wildman–Crippen MR) is 113 cm³/mol. The molecule has 0 aromatic heterocycles. The molecular weight excluding hydrogens is 354 g/mol. The Bertz CT molecular complexity index is 468. The minimum absolute atomic E-state index is 0.0304. The van der Waals surface area contributed by atoms with Gasteiger partial charge < -0.3 is 19.5 Å². The normalized spacial score (nSPS) is 14.3. The first kappa shape index (κ1) is 26.8. The van der Waals surface area contributed by atoms with Gasteiger partial charge in [0.1, 0.15) is 6.54 Å². The molecular formula is C23H43NO4. The average molecular weight is 398 g/mol. The Morgan fingerprint density at radius 3 is 1.79 bits per heavy atom. The first-order valence-electron chi connectivity index (χ1n) is 11.0. The van der Waals surface area contributed by atoms with E-state index in [-0.39, 0.29) is 6.54 Å². The van der Waals surface area contributed by atoms with Gasteiger partial charge in [-0.1, -0.05) is 77.2 Å². The number of carbonyl (C=O) groups excluding carboxylic acids is 2. The molecule has 1 unspecified atom stereocenters. The van der Waals surface area contributed by atoms with Gasteiger partial charge in [-0.15, -0.1) is 0 Å². The van der Waals surface area contributed by atoms with Gasteiger partial charge in [-0.05, 0) is 18.9 Å². The lowest BCUT2D eigenvalue weighted by Gasteiger charge is -2.34. The van der Waals surface area contributed by atoms with Crippen LogP contribution in [0.1, 0.15) is 90.4 Å². The minimum atomic E-state index is -1.91. The molecule has 1 atom stereocenters. The first-order valence-corrected chi connectivity index (χ1v) is 11.0. The number of unbranched alkanes of at least 4 members (excludes halogenated alkanes) is 11. The number of likely N-dealkylation sites (N-methyl/N-ethyl adjacent to an activating group) is 1. The van der Waals surface area contributed by atoms with E-state index in [0.717, 1.165) is 19.3 Å². The third kappa shape index (κ3) is 14.8. The molecule has 0 aliphatic carbocycles. The van der Waals surface area contributed by atoms with Gasteiger partial charge in [0, 0.05) is 12.4 Å². The van der Waals surface area contributed by atoms with E-state index in [9.17, 15) is 19.8 Å². The van der Waals surface area contributed by atoms with E-state index in [1.807, 2.05) is 21.1 Å². The molecule has 28 heavy (non-hydrogen) atoms. The number of aliphatic hydroxyl groups is 1. The highest BCUT2D eigenvalue weighted by Gasteiger charge is 2.39. The Labute approximate surface area is 172 Å². The Morgan fingerprint density at radius 1 is 0.893 bits per heavy atom. The van der Waals surface area contributed by atoms with E-state index >= 15 is 0 Å². The number of hydrogen-bond donors (Lipinski definition) is 1. The molecule has 0 radical (unpaired) electrons. The smallest absolute Gasteiger partial charge is 0.193 e. The highest BCUT2D eigenvalue weighted by atomic mass is 16.4. The van der Waals surface area contributed by atoms with Crippen molar-refractivity contribution in [2.75, 3.05) is 27.7 Å². The molecule has 0 saturated carbocycles. The number of carbonyl (C=O) groups is 2. The molecule has 0 aromatic rings. The van der Waals surface area contributed by atoms with Crippen LogP contribution in [0.4, 0.5) is 0 Å². The van der Waals surface area contributed by atoms with Gasteiger partial charge >= 0.3 is 0 Å². The lowest BCUT2D eigenvalue weighted by atomic mass is 9.92. The van der Waals surface area contributed by atoms with Gasteiger partial charge in [0.2, 0.25) is 0 Å². The third-order valence-corrected chi connectivity index (χ3v) is 4.87. The number of hydrogen-bond acceptors (Lipinski definition) is 4. The fraction of sp³-hybridized carbons (Fsp3) is 0.826. The van der Waals surface area contributed by atoms with Crippen molar-refractivity contribution in [1.82, 2.24) is 0 Å². The summed E-state index contributed by atoms with van der Waals surface area (Å²) in [7, 11) is 5.42. The monoisotopic (exact) mass is 397 g/mol. The first-order chi connectivity index (χ1) is 13.1. The van der Waals surface area contributed by atoms with Gasteiger partial charge in [-0.3, -0.25) is 4.79 Å². The summed E-state index contributed by atoms with van der Waals surface area (Å²) in [6.45, 7) is 2.27. The summed E-state index contributed by atoms with van der Waals surface area (Å²) in [6.07, 6.45) is 17.2. The number of nitrogens with zero attached hydrogens (tertiary/aromatic N) is 1. The number of allylic oxidation sites excluding steroid dienone is 1. The van der Waals surface area contributed by atoms with E-state index in [2.05, 4.69) is 6.92 Å². The number of ketones is 1. The summed E-state index contributed by atoms with van der Waals surface area (Å²) in [5.74, 6) is -1.96. The van der Waals surface area contributed by atoms with Crippen molar-refractivity contribution >= 4 is 11.8 Å². The van der Waals surface area contributed by atoms with Crippen LogP contribution in [0, 0.1) is 0 Å². The SMILES string of the molecule is CCCCCCCCCCCCC/C=C/C(=O)C(O)(CC(=O)[O-])C[N+](C)(C)C. The Kier molecular flexibility index (Phi) is 14.1. The van der Waals surface area contributed by atoms with Crippen LogP contribution >= 0.6 is 0 Å². The zero-order valence-corrected chi connectivity index (χ0v) is 18.7. The molecule has 0 saturated heterocycles. The third-order valence-electron chi connectivity index (χ3n) is 4.87. The lowest BCUT2D eigenvalue weighted by molar-refractivity contribution is -0.875. The Hall–Kier alpha value is -1.20. The van der Waals surface area contributed by atoms with E-state index in [1.165, 1.54) is 63.9 Å². The number of carboxylic acids is 1. The molecule has 0 heterocycles. The number of carboxylic acid groups (broad SMARTS) is 1. The second-order valence-electron chi connectivity index (χ2n) is 9.12. The van der Waals surface area contributed by atoms with E-state index in [0.29, 0.717) is 4.48 Å². The van der Waals surface area contributed by atoms with Crippen LogP contribution in [0.2, 0.25) is 0 Å². The zero-order chi connectivity index (χ0) is 21.5. The van der Waals surface area contributed by atoms with Crippen molar-refractivity contribution < 1.29 is 24.3 Å². The zero-order valence-electron chi connectivity index (χ0n) is 18.7. The van der Waals surface area contributed by atoms with Crippen LogP contribution in [0.3, 0.4) is 0 Å². The number of quaternary nitrogens is 1. The van der Waals surface area contributed by atoms with Crippen molar-refractivity contribution in [3.63, 3.8) is 0 Å². The van der Waals surface area contributed by atoms with Crippen molar-refractivity contribution in [2.45, 2.75) is 96.0 Å². The van der Waals surface area contributed by atoms with E-state index < -0.39 is 23.8 Å². The number of aliphatic carboxylic acids is 1. The topological polar surface area (TPSA) is 77.4 Å². The van der Waals surface area contributed by atoms with Crippen molar-refractivity contribution in [2.24, 2.45) is 0 Å². The fourth-order valence-corrected chi connectivity index (χ4v) is 3.52. The number of rotatable bonds is 18. The Morgan fingerprint density at radius 2 is 1.36 bits per heavy atom. The molecule has 0 fully saturated rings. The van der Waals surface area contributed by atoms with Gasteiger partial charge in [0.25, 0.3) is 0 Å². The highest BCUT2D eigenvalue weighted by Crippen LogP contribution is 2.17. The second kappa shape index (κ2) is 14.7. The molecule has 1 N–H and O–H groups in total. The Balaban J connectivity index is 4.00. The van der Waals surface area contributed by atoms with E-state index in [1.54, 1.807) is 6.08 Å². The minimum Gasteiger partial charge on any atom is -0.550 e. The molecule has 5 nitrogen and oxygen atoms in total. The predicted octanol–water partition coefficient (Wildman–Crippen LogP) is 3.39. The molecule has 0 rings (SSSR count). The van der Waals surface area contributed by atoms with Crippen LogP contribution in [-0.2, 0) is 9.59 Å². The molecule has 0 aliphatic heterocycles. The molecule has 164 valence electrons. The largest absolute Gasteiger partial charge is 0.550 e. The molecule has 5 heteroatoms. The maximum atomic E-state index is 12.3. The van der Waals surface area contributed by atoms with Crippen LogP contribution in [-0.4, -0.2) is 54.6 Å². The van der Waals surface area contributed by atoms with Crippen molar-refractivity contribution in [1.29, 1.82) is 0 Å². The highest BCUT2D eigenvalue weighted by molar-refractivity contribution is 5.99. The van der Waals surface area contributed by atoms with Gasteiger partial charge in [0.05, 0.1) is 21.1 Å². The average Bonchev–Trinajstić information content (AvgIpc) is 2.56. The van der Waals surface area contributed by atoms with Gasteiger partial charge in [0.15, 0.2) is 11.4 Å². The molecule has 0 amide bonds. The summed E-state index contributed by atoms with van der Waals surface area (Å²) >= 11 is 0. The van der Waals surface area contributed by atoms with Gasteiger partial charge in [-0.2, -0.15) is 0 Å². The lowest BCUT2D eigenvalue weighted by Crippen LogP contribution is -2.55. The van der Waals surface area contributed by atoms with Crippen LogP contribution < -0.4 is 5.11 Å². The summed E-state index contributed by atoms with van der Waals surface area (Å²) < 4.78 is 0.294.